The molecule has 0 saturated carbocycles. The van der Waals surface area contributed by atoms with Crippen molar-refractivity contribution in [3.05, 3.63) is 59.9 Å². The van der Waals surface area contributed by atoms with E-state index >= 15 is 0 Å². The summed E-state index contributed by atoms with van der Waals surface area (Å²) in [6, 6.07) is 13.2. The van der Waals surface area contributed by atoms with Gasteiger partial charge in [0.2, 0.25) is 5.95 Å². The number of pyridine rings is 1. The lowest BCUT2D eigenvalue weighted by Gasteiger charge is -2.24. The molecule has 2 N–H and O–H groups in total. The highest BCUT2D eigenvalue weighted by atomic mass is 35.5. The van der Waals surface area contributed by atoms with Crippen molar-refractivity contribution in [2.45, 2.75) is 19.4 Å². The standard InChI is InChI=1S/C19H19ClN4O/c1-19(2,12-25)24-18-22-16(13-5-7-15(20)8-6-13)10-17(23-18)14-4-3-9-21-11-14/h3-11,25H,12H2,1-2H3,(H,22,23,24). The summed E-state index contributed by atoms with van der Waals surface area (Å²) in [7, 11) is 0. The van der Waals surface area contributed by atoms with Crippen molar-refractivity contribution < 1.29 is 5.11 Å². The molecule has 2 heterocycles. The molecule has 0 spiro atoms. The Balaban J connectivity index is 2.09. The molecule has 0 amide bonds. The smallest absolute Gasteiger partial charge is 0.224 e. The molecule has 0 fully saturated rings. The summed E-state index contributed by atoms with van der Waals surface area (Å²) in [6.45, 7) is 3.73. The van der Waals surface area contributed by atoms with Crippen LogP contribution in [0.1, 0.15) is 13.8 Å². The first-order valence-corrected chi connectivity index (χ1v) is 8.29. The van der Waals surface area contributed by atoms with Gasteiger partial charge in [-0.15, -0.1) is 0 Å². The van der Waals surface area contributed by atoms with Gasteiger partial charge < -0.3 is 10.4 Å². The van der Waals surface area contributed by atoms with Gasteiger partial charge >= 0.3 is 0 Å². The van der Waals surface area contributed by atoms with Crippen molar-refractivity contribution in [2.24, 2.45) is 0 Å². The minimum atomic E-state index is -0.537. The van der Waals surface area contributed by atoms with E-state index < -0.39 is 5.54 Å². The summed E-state index contributed by atoms with van der Waals surface area (Å²) in [5.41, 5.74) is 2.81. The molecule has 0 aliphatic carbocycles. The molecular formula is C19H19ClN4O. The van der Waals surface area contributed by atoms with Crippen LogP contribution in [-0.2, 0) is 0 Å². The van der Waals surface area contributed by atoms with E-state index in [-0.39, 0.29) is 6.61 Å². The van der Waals surface area contributed by atoms with Crippen molar-refractivity contribution in [3.8, 4) is 22.5 Å². The van der Waals surface area contributed by atoms with E-state index in [1.54, 1.807) is 12.4 Å². The summed E-state index contributed by atoms with van der Waals surface area (Å²) in [5, 5.41) is 13.4. The van der Waals surface area contributed by atoms with Crippen LogP contribution in [0.15, 0.2) is 54.9 Å². The summed E-state index contributed by atoms with van der Waals surface area (Å²) >= 11 is 5.98. The van der Waals surface area contributed by atoms with E-state index in [1.165, 1.54) is 0 Å². The minimum Gasteiger partial charge on any atom is -0.394 e. The number of anilines is 1. The fourth-order valence-corrected chi connectivity index (χ4v) is 2.40. The van der Waals surface area contributed by atoms with Crippen LogP contribution >= 0.6 is 11.6 Å². The van der Waals surface area contributed by atoms with Crippen LogP contribution in [0.3, 0.4) is 0 Å². The predicted octanol–water partition coefficient (Wildman–Crippen LogP) is 4.04. The first-order valence-electron chi connectivity index (χ1n) is 7.91. The molecule has 25 heavy (non-hydrogen) atoms. The fourth-order valence-electron chi connectivity index (χ4n) is 2.28. The Morgan fingerprint density at radius 3 is 2.32 bits per heavy atom. The minimum absolute atomic E-state index is 0.0379. The highest BCUT2D eigenvalue weighted by Gasteiger charge is 2.18. The third-order valence-corrected chi connectivity index (χ3v) is 3.92. The first kappa shape index (κ1) is 17.3. The molecule has 2 aromatic heterocycles. The Kier molecular flexibility index (Phi) is 4.97. The molecule has 6 heteroatoms. The second-order valence-corrected chi connectivity index (χ2v) is 6.81. The van der Waals surface area contributed by atoms with E-state index in [4.69, 9.17) is 11.6 Å². The van der Waals surface area contributed by atoms with Gasteiger partial charge in [-0.25, -0.2) is 9.97 Å². The van der Waals surface area contributed by atoms with Crippen LogP contribution in [-0.4, -0.2) is 32.2 Å². The van der Waals surface area contributed by atoms with Gasteiger partial charge in [0.25, 0.3) is 0 Å². The Labute approximate surface area is 151 Å². The average molecular weight is 355 g/mol. The van der Waals surface area contributed by atoms with E-state index in [1.807, 2.05) is 56.3 Å². The second kappa shape index (κ2) is 7.17. The number of nitrogens with zero attached hydrogens (tertiary/aromatic N) is 3. The van der Waals surface area contributed by atoms with Gasteiger partial charge in [-0.05, 0) is 44.2 Å². The Hall–Kier alpha value is -2.50. The zero-order chi connectivity index (χ0) is 17.9. The van der Waals surface area contributed by atoms with Gasteiger partial charge in [0.05, 0.1) is 23.5 Å². The molecule has 0 atom stereocenters. The van der Waals surface area contributed by atoms with Crippen LogP contribution in [0.2, 0.25) is 5.02 Å². The number of nitrogens with one attached hydrogen (secondary N) is 1. The summed E-state index contributed by atoms with van der Waals surface area (Å²) in [4.78, 5) is 13.3. The molecule has 0 unspecified atom stereocenters. The summed E-state index contributed by atoms with van der Waals surface area (Å²) < 4.78 is 0. The highest BCUT2D eigenvalue weighted by molar-refractivity contribution is 6.30. The van der Waals surface area contributed by atoms with Gasteiger partial charge in [-0.3, -0.25) is 4.98 Å². The monoisotopic (exact) mass is 354 g/mol. The number of rotatable bonds is 5. The predicted molar refractivity (Wildman–Crippen MR) is 100 cm³/mol. The Morgan fingerprint density at radius 2 is 1.72 bits per heavy atom. The first-order chi connectivity index (χ1) is 12.0. The number of halogens is 1. The second-order valence-electron chi connectivity index (χ2n) is 6.38. The van der Waals surface area contributed by atoms with Crippen LogP contribution in [0, 0.1) is 0 Å². The Morgan fingerprint density at radius 1 is 1.04 bits per heavy atom. The van der Waals surface area contributed by atoms with Crippen LogP contribution in [0.4, 0.5) is 5.95 Å². The molecular weight excluding hydrogens is 336 g/mol. The van der Waals surface area contributed by atoms with Crippen LogP contribution < -0.4 is 5.32 Å². The molecule has 3 aromatic rings. The average Bonchev–Trinajstić information content (AvgIpc) is 2.62. The molecule has 0 bridgehead atoms. The summed E-state index contributed by atoms with van der Waals surface area (Å²) in [6.07, 6.45) is 3.48. The van der Waals surface area contributed by atoms with E-state index in [0.29, 0.717) is 11.0 Å². The molecule has 0 aliphatic heterocycles. The van der Waals surface area contributed by atoms with Crippen molar-refractivity contribution >= 4 is 17.5 Å². The van der Waals surface area contributed by atoms with Crippen molar-refractivity contribution in [1.29, 1.82) is 0 Å². The zero-order valence-electron chi connectivity index (χ0n) is 14.1. The Bertz CT molecular complexity index is 851. The maximum atomic E-state index is 9.52. The lowest BCUT2D eigenvalue weighted by Crippen LogP contribution is -2.35. The van der Waals surface area contributed by atoms with Gasteiger partial charge in [0, 0.05) is 28.5 Å². The zero-order valence-corrected chi connectivity index (χ0v) is 14.8. The lowest BCUT2D eigenvalue weighted by molar-refractivity contribution is 0.233. The molecule has 0 radical (unpaired) electrons. The van der Waals surface area contributed by atoms with E-state index in [0.717, 1.165) is 22.5 Å². The third kappa shape index (κ3) is 4.32. The van der Waals surface area contributed by atoms with Crippen LogP contribution in [0.25, 0.3) is 22.5 Å². The highest BCUT2D eigenvalue weighted by Crippen LogP contribution is 2.26. The molecule has 0 saturated heterocycles. The molecule has 128 valence electrons. The van der Waals surface area contributed by atoms with E-state index in [2.05, 4.69) is 20.3 Å². The number of hydrogen-bond donors (Lipinski definition) is 2. The number of hydrogen-bond acceptors (Lipinski definition) is 5. The maximum Gasteiger partial charge on any atom is 0.224 e. The molecule has 3 rings (SSSR count). The summed E-state index contributed by atoms with van der Waals surface area (Å²) in [5.74, 6) is 0.449. The third-order valence-electron chi connectivity index (χ3n) is 3.67. The molecule has 0 aliphatic rings. The van der Waals surface area contributed by atoms with Crippen LogP contribution in [0.5, 0.6) is 0 Å². The van der Waals surface area contributed by atoms with Gasteiger partial charge in [-0.2, -0.15) is 0 Å². The number of benzene rings is 1. The maximum absolute atomic E-state index is 9.52. The number of aliphatic hydroxyl groups excluding tert-OH is 1. The van der Waals surface area contributed by atoms with Gasteiger partial charge in [-0.1, -0.05) is 23.7 Å². The van der Waals surface area contributed by atoms with Gasteiger partial charge in [0.1, 0.15) is 0 Å². The molecule has 1 aromatic carbocycles. The SMILES string of the molecule is CC(C)(CO)Nc1nc(-c2ccc(Cl)cc2)cc(-c2cccnc2)n1. The number of aliphatic hydroxyl groups is 1. The largest absolute Gasteiger partial charge is 0.394 e. The van der Waals surface area contributed by atoms with Crippen molar-refractivity contribution in [2.75, 3.05) is 11.9 Å². The number of aromatic nitrogens is 3. The normalized spacial score (nSPS) is 11.4. The topological polar surface area (TPSA) is 70.9 Å². The fraction of sp³-hybridized carbons (Fsp3) is 0.211. The van der Waals surface area contributed by atoms with Crippen molar-refractivity contribution in [3.63, 3.8) is 0 Å². The van der Waals surface area contributed by atoms with E-state index in [9.17, 15) is 5.11 Å². The molecule has 5 nitrogen and oxygen atoms in total. The van der Waals surface area contributed by atoms with Gasteiger partial charge in [0.15, 0.2) is 0 Å². The quantitative estimate of drug-likeness (QED) is 0.723. The van der Waals surface area contributed by atoms with Crippen molar-refractivity contribution in [1.82, 2.24) is 15.0 Å². The lowest BCUT2D eigenvalue weighted by atomic mass is 10.1.